The highest BCUT2D eigenvalue weighted by Crippen LogP contribution is 2.29. The molecule has 8 aromatic rings. The third kappa shape index (κ3) is 21.9. The van der Waals surface area contributed by atoms with Gasteiger partial charge in [-0.2, -0.15) is 29.9 Å². The topological polar surface area (TPSA) is 570 Å². The molecule has 43 heteroatoms. The summed E-state index contributed by atoms with van der Waals surface area (Å²) in [7, 11) is -2.96. The lowest BCUT2D eigenvalue weighted by atomic mass is 10.2. The van der Waals surface area contributed by atoms with Crippen molar-refractivity contribution in [2.75, 3.05) is 92.2 Å². The Kier molecular flexibility index (Phi) is 26.7. The number of fused-ring (bicyclic) bond motifs is 4. The fourth-order valence-electron chi connectivity index (χ4n) is 8.69. The summed E-state index contributed by atoms with van der Waals surface area (Å²) in [4.78, 5) is 110. The molecule has 0 aliphatic carbocycles. The van der Waals surface area contributed by atoms with E-state index in [4.69, 9.17) is 91.6 Å². The molecule has 0 bridgehead atoms. The van der Waals surface area contributed by atoms with E-state index in [1.54, 1.807) is 50.7 Å². The van der Waals surface area contributed by atoms with E-state index in [9.17, 15) is 24.0 Å². The van der Waals surface area contributed by atoms with Crippen molar-refractivity contribution >= 4 is 132 Å². The summed E-state index contributed by atoms with van der Waals surface area (Å²) in [5.41, 5.74) is 38.3. The van der Waals surface area contributed by atoms with E-state index >= 15 is 0 Å². The van der Waals surface area contributed by atoms with Gasteiger partial charge in [0.25, 0.3) is 0 Å². The molecule has 1 unspecified atom stereocenters. The number of nitrogens with two attached hydrogens (primary N) is 6. The van der Waals surface area contributed by atoms with Crippen molar-refractivity contribution in [3.63, 3.8) is 0 Å². The monoisotopic (exact) mass is 1440 g/mol. The molecule has 4 fully saturated rings. The van der Waals surface area contributed by atoms with Crippen molar-refractivity contribution in [1.82, 2.24) is 78.2 Å². The van der Waals surface area contributed by atoms with E-state index in [1.165, 1.54) is 25.9 Å². The third-order valence-electron chi connectivity index (χ3n) is 13.4. The quantitative estimate of drug-likeness (QED) is 0.0379. The average Bonchev–Trinajstić information content (AvgIpc) is 1.37. The lowest BCUT2D eigenvalue weighted by molar-refractivity contribution is -0.184. The number of nitrogens with zero attached hydrogens (tertiary/aromatic N) is 15. The summed E-state index contributed by atoms with van der Waals surface area (Å²) in [5.74, 6) is 0.309. The van der Waals surface area contributed by atoms with Gasteiger partial charge in [-0.05, 0) is 6.92 Å². The molecule has 4 aliphatic rings. The van der Waals surface area contributed by atoms with E-state index in [1.807, 2.05) is 13.3 Å². The van der Waals surface area contributed by atoms with E-state index in [-0.39, 0.29) is 111 Å². The number of nitrogens with one attached hydrogen (secondary N) is 2. The standard InChI is InChI=1S/C13H18N6O4.C12H23N5Si2.C10H16O6.C9H12N6O3.C8H12O5.C5H6N6/c1-6(2)12(20)22-4-8-21-3-7(23-8)19-5-16-9-10(14)17-13(15)18-11(9)19;1-9-14-11(16-18(2,3)4)10-12(15-9)17(8-13-10)19(5,6)7;1-6(2)10(12)14-4-8-13-5-9(16-8)15-7(3)11;10-7-6-8(14-9(11)13-7)15(3-12-6)4-2-17-5(1-16)18-4;1-5(2)8(10)12-4-7-11-3-6(9)13-7;6-3-2-4(9-1-8-2)11-5(7)10-3/h5-8H,3-4H2,1-2H3,(H4,14,15,17,18);8H,1-7H3,(H,14,15,16);6,8-9H,4-5H2,1-3H3;3-5,16H,1-2H2,(H4,10,11,13,14);5,7H,3-4H2,1-2H3;1H,(H5,6,7,8,9,10,11)/t7-,8-;;8-,9?;4-,5-;7-;/m1.111./s1. The molecule has 4 saturated heterocycles. The van der Waals surface area contributed by atoms with Gasteiger partial charge in [-0.15, -0.1) is 0 Å². The van der Waals surface area contributed by atoms with Crippen molar-refractivity contribution < 1.29 is 85.9 Å². The highest BCUT2D eigenvalue weighted by Gasteiger charge is 2.33. The highest BCUT2D eigenvalue weighted by molar-refractivity contribution is 6.79. The maximum Gasteiger partial charge on any atom is 0.334 e. The van der Waals surface area contributed by atoms with Gasteiger partial charge in [0.2, 0.25) is 30.4 Å². The lowest BCUT2D eigenvalue weighted by Crippen LogP contribution is -2.33. The molecule has 0 radical (unpaired) electrons. The molecular formula is C57H87N23O18Si2. The van der Waals surface area contributed by atoms with Crippen LogP contribution in [0.25, 0.3) is 44.7 Å². The Morgan fingerprint density at radius 1 is 0.600 bits per heavy atom. The Morgan fingerprint density at radius 2 is 1.08 bits per heavy atom. The predicted octanol–water partition coefficient (Wildman–Crippen LogP) is 2.03. The largest absolute Gasteiger partial charge is 0.460 e. The number of hydrogen-bond donors (Lipinski definition) is 9. The number of ether oxygens (including phenoxy) is 12. The van der Waals surface area contributed by atoms with Gasteiger partial charge in [0.1, 0.15) is 68.4 Å². The first-order valence-corrected chi connectivity index (χ1v) is 38.2. The van der Waals surface area contributed by atoms with Crippen molar-refractivity contribution in [3.8, 4) is 0 Å². The van der Waals surface area contributed by atoms with Crippen LogP contribution in [-0.2, 0) is 80.8 Å². The van der Waals surface area contributed by atoms with Crippen LogP contribution < -0.4 is 39.4 Å². The summed E-state index contributed by atoms with van der Waals surface area (Å²) < 4.78 is 66.8. The van der Waals surface area contributed by atoms with Crippen LogP contribution in [0.15, 0.2) is 25.3 Å². The van der Waals surface area contributed by atoms with Gasteiger partial charge < -0.3 is 111 Å². The van der Waals surface area contributed by atoms with Gasteiger partial charge in [0.15, 0.2) is 86.2 Å². The Morgan fingerprint density at radius 3 is 1.56 bits per heavy atom. The van der Waals surface area contributed by atoms with E-state index in [0.29, 0.717) is 45.9 Å². The van der Waals surface area contributed by atoms with E-state index in [0.717, 1.165) is 22.8 Å². The summed E-state index contributed by atoms with van der Waals surface area (Å²) in [5, 5.41) is 8.94. The highest BCUT2D eigenvalue weighted by atomic mass is 28.3. The number of carbonyl (C=O) groups excluding carboxylic acids is 5. The fourth-order valence-corrected chi connectivity index (χ4v) is 10.8. The Labute approximate surface area is 573 Å². The second kappa shape index (κ2) is 34.4. The molecule has 0 spiro atoms. The van der Waals surface area contributed by atoms with Crippen molar-refractivity contribution in [3.05, 3.63) is 31.1 Å². The van der Waals surface area contributed by atoms with Crippen LogP contribution >= 0.6 is 0 Å². The van der Waals surface area contributed by atoms with E-state index < -0.39 is 72.3 Å². The van der Waals surface area contributed by atoms with Gasteiger partial charge in [-0.3, -0.25) is 28.3 Å². The number of aromatic amines is 1. The number of aliphatic hydroxyl groups is 1. The summed E-state index contributed by atoms with van der Waals surface area (Å²) in [6.07, 6.45) is 2.23. The lowest BCUT2D eigenvalue weighted by Gasteiger charge is -2.20. The maximum atomic E-state index is 11.5. The smallest absolute Gasteiger partial charge is 0.334 e. The van der Waals surface area contributed by atoms with Crippen LogP contribution in [0.5, 0.6) is 0 Å². The molecular weight excluding hydrogens is 1350 g/mol. The summed E-state index contributed by atoms with van der Waals surface area (Å²) >= 11 is 0. The number of esters is 5. The van der Waals surface area contributed by atoms with Crippen LogP contribution in [-0.4, -0.2) is 214 Å². The number of cyclic esters (lactones) is 1. The third-order valence-corrected chi connectivity index (χ3v) is 16.2. The zero-order valence-electron chi connectivity index (χ0n) is 57.8. The molecule has 0 amide bonds. The van der Waals surface area contributed by atoms with Gasteiger partial charge in [-0.25, -0.2) is 34.7 Å². The number of hydrogen-bond acceptors (Lipinski definition) is 37. The van der Waals surface area contributed by atoms with Crippen LogP contribution in [0.1, 0.15) is 66.7 Å². The number of aryl methyl sites for hydroxylation is 1. The average molecular weight is 1440 g/mol. The maximum absolute atomic E-state index is 11.5. The van der Waals surface area contributed by atoms with Crippen LogP contribution in [0.3, 0.4) is 0 Å². The molecule has 4 aliphatic heterocycles. The minimum Gasteiger partial charge on any atom is -0.460 e. The molecule has 7 atom stereocenters. The zero-order valence-corrected chi connectivity index (χ0v) is 59.8. The molecule has 0 saturated carbocycles. The molecule has 12 heterocycles. The first kappa shape index (κ1) is 77.6. The number of aliphatic hydroxyl groups excluding tert-OH is 1. The Balaban J connectivity index is 0.000000171. The predicted molar refractivity (Wildman–Crippen MR) is 361 cm³/mol. The molecule has 0 aromatic carbocycles. The number of imidazole rings is 4. The van der Waals surface area contributed by atoms with Gasteiger partial charge in [0.05, 0.1) is 62.9 Å². The SMILES string of the molecule is CC(=O)OC1CO[C@@H](COC(=O)C(C)C)O1.CC(C)C(=O)OC[C@@H]1OCC(=O)O1.CC(C)C(=O)OC[C@@H]1OC[C@H](n2cnc3c(N)nc(N)nc32)O1.Cc1nc(N[Si](C)(C)C)c2ncn([Si](C)(C)C)c2n1.Nc1nc(N)c2[nH]cnc2n1.Nc1nc(N)c2ncn([C@H]3CO[C@@H](CO)O3)c2n1. The minimum atomic E-state index is -1.50. The molecule has 100 heavy (non-hydrogen) atoms. The fraction of sp³-hybridized carbons (Fsp3) is 0.561. The molecule has 15 N–H and O–H groups in total. The van der Waals surface area contributed by atoms with Crippen LogP contribution in [0.2, 0.25) is 39.3 Å². The van der Waals surface area contributed by atoms with Crippen molar-refractivity contribution in [1.29, 1.82) is 0 Å². The number of nitrogen functional groups attached to an aromatic ring is 6. The number of rotatable bonds is 16. The zero-order chi connectivity index (χ0) is 73.5. The normalized spacial score (nSPS) is 19.5. The van der Waals surface area contributed by atoms with Gasteiger partial charge >= 0.3 is 29.8 Å². The van der Waals surface area contributed by atoms with Gasteiger partial charge in [0, 0.05) is 6.92 Å². The van der Waals surface area contributed by atoms with Gasteiger partial charge in [-0.1, -0.05) is 80.8 Å². The Bertz CT molecular complexity index is 4100. The van der Waals surface area contributed by atoms with Crippen molar-refractivity contribution in [2.24, 2.45) is 17.8 Å². The number of H-pyrrole nitrogens is 1. The van der Waals surface area contributed by atoms with Crippen LogP contribution in [0.4, 0.5) is 41.1 Å². The number of carbonyl (C=O) groups is 5. The first-order valence-electron chi connectivity index (χ1n) is 31.2. The second-order valence-corrected chi connectivity index (χ2v) is 34.6. The van der Waals surface area contributed by atoms with E-state index in [2.05, 4.69) is 118 Å². The second-order valence-electron chi connectivity index (χ2n) is 25.0. The van der Waals surface area contributed by atoms with Crippen LogP contribution in [0, 0.1) is 24.7 Å². The number of anilines is 7. The molecule has 546 valence electrons. The first-order chi connectivity index (χ1) is 47.1. The van der Waals surface area contributed by atoms with Crippen molar-refractivity contribution in [2.45, 2.75) is 139 Å². The minimum absolute atomic E-state index is 0.00871. The number of aromatic nitrogens is 16. The summed E-state index contributed by atoms with van der Waals surface area (Å²) in [6.45, 7) is 27.8. The molecule has 8 aromatic heterocycles. The molecule has 12 rings (SSSR count). The summed E-state index contributed by atoms with van der Waals surface area (Å²) in [6, 6.07) is 0. The Hall–Kier alpha value is -9.74. The molecule has 41 nitrogen and oxygen atoms in total.